The van der Waals surface area contributed by atoms with E-state index in [1.807, 2.05) is 26.0 Å². The number of carbonyl (C=O) groups excluding carboxylic acids is 2. The number of rotatable bonds is 7. The van der Waals surface area contributed by atoms with E-state index < -0.39 is 0 Å². The Hall–Kier alpha value is -3.26. The zero-order chi connectivity index (χ0) is 24.1. The fourth-order valence-electron chi connectivity index (χ4n) is 4.15. The van der Waals surface area contributed by atoms with E-state index in [1.54, 1.807) is 5.38 Å². The second-order valence-electron chi connectivity index (χ2n) is 8.74. The summed E-state index contributed by atoms with van der Waals surface area (Å²) in [5.41, 5.74) is 3.12. The summed E-state index contributed by atoms with van der Waals surface area (Å²) in [5, 5.41) is 8.56. The molecule has 0 bridgehead atoms. The Labute approximate surface area is 202 Å². The van der Waals surface area contributed by atoms with E-state index in [1.165, 1.54) is 35.6 Å². The molecule has 178 valence electrons. The molecule has 2 amide bonds. The topological polar surface area (TPSA) is 80.3 Å². The van der Waals surface area contributed by atoms with Crippen molar-refractivity contribution < 1.29 is 18.7 Å². The van der Waals surface area contributed by atoms with Crippen LogP contribution in [0.5, 0.6) is 5.75 Å². The summed E-state index contributed by atoms with van der Waals surface area (Å²) in [7, 11) is 0. The maximum absolute atomic E-state index is 13.0. The van der Waals surface area contributed by atoms with Crippen LogP contribution >= 0.6 is 11.3 Å². The van der Waals surface area contributed by atoms with Gasteiger partial charge in [0.25, 0.3) is 11.8 Å². The van der Waals surface area contributed by atoms with Gasteiger partial charge < -0.3 is 15.4 Å². The van der Waals surface area contributed by atoms with Crippen molar-refractivity contribution in [2.75, 3.05) is 0 Å². The summed E-state index contributed by atoms with van der Waals surface area (Å²) in [5.74, 6) is 0.0362. The van der Waals surface area contributed by atoms with Gasteiger partial charge in [-0.25, -0.2) is 9.37 Å². The summed E-state index contributed by atoms with van der Waals surface area (Å²) in [6.07, 6.45) is 3.08. The molecule has 1 aromatic heterocycles. The van der Waals surface area contributed by atoms with Crippen LogP contribution in [0.1, 0.15) is 62.7 Å². The number of hydrogen-bond acceptors (Lipinski definition) is 5. The van der Waals surface area contributed by atoms with Crippen molar-refractivity contribution in [2.45, 2.75) is 58.2 Å². The van der Waals surface area contributed by atoms with Crippen LogP contribution in [0.15, 0.2) is 47.8 Å². The first-order chi connectivity index (χ1) is 16.4. The zero-order valence-electron chi connectivity index (χ0n) is 19.3. The van der Waals surface area contributed by atoms with Crippen LogP contribution in [-0.2, 0) is 6.61 Å². The molecule has 2 N–H and O–H groups in total. The SMILES string of the molecule is Cc1cc(C)cc(OCc2nc(C(=O)NC3CCC(NC(=O)c4ccc(F)cc4)CC3)cs2)c1. The van der Waals surface area contributed by atoms with Crippen molar-refractivity contribution in [1.82, 2.24) is 15.6 Å². The van der Waals surface area contributed by atoms with E-state index >= 15 is 0 Å². The third kappa shape index (κ3) is 6.41. The van der Waals surface area contributed by atoms with E-state index in [0.717, 1.165) is 47.6 Å². The molecule has 1 saturated carbocycles. The van der Waals surface area contributed by atoms with Gasteiger partial charge in [-0.1, -0.05) is 6.07 Å². The van der Waals surface area contributed by atoms with E-state index in [0.29, 0.717) is 17.9 Å². The minimum Gasteiger partial charge on any atom is -0.486 e. The lowest BCUT2D eigenvalue weighted by Crippen LogP contribution is -2.43. The fraction of sp³-hybridized carbons (Fsp3) is 0.346. The number of aromatic nitrogens is 1. The smallest absolute Gasteiger partial charge is 0.270 e. The number of halogens is 1. The molecule has 34 heavy (non-hydrogen) atoms. The van der Waals surface area contributed by atoms with Crippen molar-refractivity contribution in [3.8, 4) is 5.75 Å². The molecule has 4 rings (SSSR count). The number of carbonyl (C=O) groups is 2. The molecule has 0 spiro atoms. The standard InChI is InChI=1S/C26H28FN3O3S/c1-16-11-17(2)13-22(12-16)33-14-24-30-23(15-34-24)26(32)29-21-9-7-20(8-10-21)28-25(31)18-3-5-19(27)6-4-18/h3-6,11-13,15,20-21H,7-10,14H2,1-2H3,(H,28,31)(H,29,32). The van der Waals surface area contributed by atoms with Gasteiger partial charge in [0.1, 0.15) is 28.9 Å². The van der Waals surface area contributed by atoms with E-state index in [-0.39, 0.29) is 29.7 Å². The third-order valence-electron chi connectivity index (χ3n) is 5.85. The summed E-state index contributed by atoms with van der Waals surface area (Å²) < 4.78 is 18.9. The van der Waals surface area contributed by atoms with Gasteiger partial charge in [0.05, 0.1) is 0 Å². The van der Waals surface area contributed by atoms with Crippen molar-refractivity contribution in [3.05, 3.63) is 81.1 Å². The van der Waals surface area contributed by atoms with Gasteiger partial charge in [-0.05, 0) is 87.1 Å². The normalized spacial score (nSPS) is 17.7. The molecule has 0 aliphatic heterocycles. The van der Waals surface area contributed by atoms with Gasteiger partial charge in [0.2, 0.25) is 0 Å². The molecule has 3 aromatic rings. The second-order valence-corrected chi connectivity index (χ2v) is 9.68. The maximum Gasteiger partial charge on any atom is 0.270 e. The highest BCUT2D eigenvalue weighted by Crippen LogP contribution is 2.21. The van der Waals surface area contributed by atoms with Crippen molar-refractivity contribution in [2.24, 2.45) is 0 Å². The Morgan fingerprint density at radius 3 is 2.18 bits per heavy atom. The molecule has 0 unspecified atom stereocenters. The first kappa shape index (κ1) is 23.9. The molecule has 1 heterocycles. The first-order valence-electron chi connectivity index (χ1n) is 11.4. The molecule has 2 aromatic carbocycles. The Morgan fingerprint density at radius 2 is 1.56 bits per heavy atom. The van der Waals surface area contributed by atoms with Gasteiger partial charge in [0.15, 0.2) is 0 Å². The summed E-state index contributed by atoms with van der Waals surface area (Å²) >= 11 is 1.41. The number of ether oxygens (including phenoxy) is 1. The lowest BCUT2D eigenvalue weighted by molar-refractivity contribution is 0.0889. The van der Waals surface area contributed by atoms with Crippen molar-refractivity contribution >= 4 is 23.2 Å². The minimum absolute atomic E-state index is 0.0407. The van der Waals surface area contributed by atoms with Gasteiger partial charge in [0, 0.05) is 23.0 Å². The van der Waals surface area contributed by atoms with Crippen LogP contribution in [0.3, 0.4) is 0 Å². The average molecular weight is 482 g/mol. The van der Waals surface area contributed by atoms with Gasteiger partial charge >= 0.3 is 0 Å². The molecular weight excluding hydrogens is 453 g/mol. The predicted molar refractivity (Wildman–Crippen MR) is 130 cm³/mol. The van der Waals surface area contributed by atoms with Crippen LogP contribution in [0.25, 0.3) is 0 Å². The quantitative estimate of drug-likeness (QED) is 0.501. The van der Waals surface area contributed by atoms with Crippen LogP contribution in [0.4, 0.5) is 4.39 Å². The molecule has 0 atom stereocenters. The zero-order valence-corrected chi connectivity index (χ0v) is 20.1. The maximum atomic E-state index is 13.0. The van der Waals surface area contributed by atoms with Crippen LogP contribution < -0.4 is 15.4 Å². The van der Waals surface area contributed by atoms with E-state index in [9.17, 15) is 14.0 Å². The van der Waals surface area contributed by atoms with Crippen LogP contribution in [0, 0.1) is 19.7 Å². The number of hydrogen-bond donors (Lipinski definition) is 2. The summed E-state index contributed by atoms with van der Waals surface area (Å²) in [6, 6.07) is 11.6. The molecule has 1 fully saturated rings. The predicted octanol–water partition coefficient (Wildman–Crippen LogP) is 4.95. The van der Waals surface area contributed by atoms with Crippen LogP contribution in [-0.4, -0.2) is 28.9 Å². The number of amides is 2. The van der Waals surface area contributed by atoms with Crippen LogP contribution in [0.2, 0.25) is 0 Å². The van der Waals surface area contributed by atoms with Gasteiger partial charge in [-0.15, -0.1) is 11.3 Å². The summed E-state index contributed by atoms with van der Waals surface area (Å²) in [6.45, 7) is 4.37. The Morgan fingerprint density at radius 1 is 0.971 bits per heavy atom. The Kier molecular flexibility index (Phi) is 7.57. The van der Waals surface area contributed by atoms with Gasteiger partial charge in [-0.2, -0.15) is 0 Å². The highest BCUT2D eigenvalue weighted by molar-refractivity contribution is 7.09. The number of nitrogens with one attached hydrogen (secondary N) is 2. The monoisotopic (exact) mass is 481 g/mol. The molecule has 1 aliphatic rings. The molecule has 8 heteroatoms. The highest BCUT2D eigenvalue weighted by Gasteiger charge is 2.25. The summed E-state index contributed by atoms with van der Waals surface area (Å²) in [4.78, 5) is 29.4. The number of thiazole rings is 1. The largest absolute Gasteiger partial charge is 0.486 e. The highest BCUT2D eigenvalue weighted by atomic mass is 32.1. The average Bonchev–Trinajstić information content (AvgIpc) is 3.28. The molecule has 1 aliphatic carbocycles. The minimum atomic E-state index is -0.367. The van der Waals surface area contributed by atoms with Crippen molar-refractivity contribution in [3.63, 3.8) is 0 Å². The molecular formula is C26H28FN3O3S. The number of aryl methyl sites for hydroxylation is 2. The second kappa shape index (κ2) is 10.8. The fourth-order valence-corrected chi connectivity index (χ4v) is 4.84. The Bertz CT molecular complexity index is 1130. The lowest BCUT2D eigenvalue weighted by atomic mass is 9.91. The Balaban J connectivity index is 1.22. The van der Waals surface area contributed by atoms with Crippen molar-refractivity contribution in [1.29, 1.82) is 0 Å². The number of nitrogens with zero attached hydrogens (tertiary/aromatic N) is 1. The lowest BCUT2D eigenvalue weighted by Gasteiger charge is -2.29. The number of benzene rings is 2. The molecule has 0 radical (unpaired) electrons. The third-order valence-corrected chi connectivity index (χ3v) is 6.67. The molecule has 6 nitrogen and oxygen atoms in total. The molecule has 0 saturated heterocycles. The van der Waals surface area contributed by atoms with E-state index in [2.05, 4.69) is 21.7 Å². The van der Waals surface area contributed by atoms with Gasteiger partial charge in [-0.3, -0.25) is 9.59 Å². The van der Waals surface area contributed by atoms with E-state index in [4.69, 9.17) is 4.74 Å². The first-order valence-corrected chi connectivity index (χ1v) is 12.3.